The molecule has 0 unspecified atom stereocenters. The number of carbonyl (C=O) groups excluding carboxylic acids is 1. The Morgan fingerprint density at radius 3 is 2.68 bits per heavy atom. The molecule has 0 fully saturated rings. The minimum absolute atomic E-state index is 0.0237. The standard InChI is InChI=1S/C19H17F5N4O3/c1-18(7-15(19(22,23)24)31-17(25)28-18)16-12(21)4-2-10(27-16)6-14(29)13-5-3-11(8-26-13)30-9-20/h2-5,8,15H,6-7,9H2,1H3,(H2,25,28)/t15-,18-/m0/s1. The highest BCUT2D eigenvalue weighted by molar-refractivity contribution is 5.95. The van der Waals surface area contributed by atoms with Gasteiger partial charge in [-0.05, 0) is 31.2 Å². The zero-order valence-corrected chi connectivity index (χ0v) is 16.1. The van der Waals surface area contributed by atoms with E-state index in [9.17, 15) is 26.7 Å². The molecule has 2 aromatic heterocycles. The molecule has 3 rings (SSSR count). The van der Waals surface area contributed by atoms with Crippen LogP contribution in [0.4, 0.5) is 22.0 Å². The van der Waals surface area contributed by atoms with Crippen LogP contribution in [0.2, 0.25) is 0 Å². The van der Waals surface area contributed by atoms with Crippen molar-refractivity contribution in [3.63, 3.8) is 0 Å². The van der Waals surface area contributed by atoms with Crippen LogP contribution in [0.25, 0.3) is 0 Å². The zero-order chi connectivity index (χ0) is 22.8. The summed E-state index contributed by atoms with van der Waals surface area (Å²) in [4.78, 5) is 24.2. The molecular formula is C19H17F5N4O3. The summed E-state index contributed by atoms with van der Waals surface area (Å²) in [6.45, 7) is 0.201. The Bertz CT molecular complexity index is 997. The van der Waals surface area contributed by atoms with Crippen molar-refractivity contribution in [2.75, 3.05) is 6.86 Å². The summed E-state index contributed by atoms with van der Waals surface area (Å²) in [6, 6.07) is 4.15. The number of ketones is 1. The Morgan fingerprint density at radius 1 is 1.32 bits per heavy atom. The lowest BCUT2D eigenvalue weighted by molar-refractivity contribution is -0.208. The lowest BCUT2D eigenvalue weighted by atomic mass is 9.89. The SMILES string of the molecule is C[C@@]1(c2nc(CC(=O)c3ccc(OCF)cn3)ccc2F)C[C@@H](C(F)(F)F)OC(N)=N1. The van der Waals surface area contributed by atoms with Gasteiger partial charge in [0.15, 0.2) is 11.9 Å². The maximum absolute atomic E-state index is 14.5. The van der Waals surface area contributed by atoms with E-state index in [-0.39, 0.29) is 23.6 Å². The van der Waals surface area contributed by atoms with E-state index in [1.54, 1.807) is 0 Å². The molecule has 166 valence electrons. The fourth-order valence-corrected chi connectivity index (χ4v) is 3.10. The number of Topliss-reactive ketones (excluding diaryl/α,β-unsaturated/α-hetero) is 1. The molecular weight excluding hydrogens is 427 g/mol. The van der Waals surface area contributed by atoms with Crippen molar-refractivity contribution < 1.29 is 36.2 Å². The molecule has 0 aromatic carbocycles. The molecule has 1 aliphatic heterocycles. The van der Waals surface area contributed by atoms with Crippen molar-refractivity contribution in [1.82, 2.24) is 9.97 Å². The number of aliphatic imine (C=N–C) groups is 1. The first-order chi connectivity index (χ1) is 14.5. The first kappa shape index (κ1) is 22.4. The predicted molar refractivity (Wildman–Crippen MR) is 97.6 cm³/mol. The second-order valence-corrected chi connectivity index (χ2v) is 6.94. The number of alkyl halides is 4. The van der Waals surface area contributed by atoms with Crippen LogP contribution in [0, 0.1) is 5.82 Å². The third-order valence-corrected chi connectivity index (χ3v) is 4.57. The van der Waals surface area contributed by atoms with Crippen molar-refractivity contribution in [2.45, 2.75) is 37.6 Å². The third kappa shape index (κ3) is 5.06. The summed E-state index contributed by atoms with van der Waals surface area (Å²) in [5, 5.41) is 0. The molecule has 0 bridgehead atoms. The molecule has 0 spiro atoms. The van der Waals surface area contributed by atoms with Crippen LogP contribution in [0.3, 0.4) is 0 Å². The Hall–Kier alpha value is -3.31. The van der Waals surface area contributed by atoms with Gasteiger partial charge in [-0.3, -0.25) is 9.78 Å². The molecule has 31 heavy (non-hydrogen) atoms. The molecule has 0 radical (unpaired) electrons. The van der Waals surface area contributed by atoms with Gasteiger partial charge in [-0.2, -0.15) is 13.2 Å². The number of hydrogen-bond donors (Lipinski definition) is 1. The van der Waals surface area contributed by atoms with Gasteiger partial charge >= 0.3 is 6.18 Å². The molecule has 0 saturated carbocycles. The minimum Gasteiger partial charge on any atom is -0.461 e. The average Bonchev–Trinajstić information content (AvgIpc) is 2.69. The van der Waals surface area contributed by atoms with Gasteiger partial charge in [0.25, 0.3) is 6.02 Å². The number of carbonyl (C=O) groups is 1. The van der Waals surface area contributed by atoms with Gasteiger partial charge in [0, 0.05) is 12.1 Å². The highest BCUT2D eigenvalue weighted by atomic mass is 19.4. The minimum atomic E-state index is -4.74. The summed E-state index contributed by atoms with van der Waals surface area (Å²) < 4.78 is 75.3. The largest absolute Gasteiger partial charge is 0.461 e. The van der Waals surface area contributed by atoms with E-state index < -0.39 is 54.4 Å². The van der Waals surface area contributed by atoms with E-state index in [0.717, 1.165) is 12.3 Å². The average molecular weight is 444 g/mol. The molecule has 2 atom stereocenters. The topological polar surface area (TPSA) is 99.7 Å². The van der Waals surface area contributed by atoms with Gasteiger partial charge in [0.1, 0.15) is 28.5 Å². The second kappa shape index (κ2) is 8.44. The number of rotatable bonds is 6. The molecule has 0 amide bonds. The van der Waals surface area contributed by atoms with Crippen molar-refractivity contribution >= 4 is 11.8 Å². The van der Waals surface area contributed by atoms with Crippen molar-refractivity contribution in [3.8, 4) is 5.75 Å². The normalized spacial score (nSPS) is 21.2. The number of aromatic nitrogens is 2. The van der Waals surface area contributed by atoms with Crippen LogP contribution in [-0.4, -0.2) is 40.9 Å². The quantitative estimate of drug-likeness (QED) is 0.543. The second-order valence-electron chi connectivity index (χ2n) is 6.94. The Morgan fingerprint density at radius 2 is 2.06 bits per heavy atom. The molecule has 2 aromatic rings. The first-order valence-electron chi connectivity index (χ1n) is 8.94. The van der Waals surface area contributed by atoms with E-state index >= 15 is 0 Å². The van der Waals surface area contributed by atoms with Crippen molar-refractivity contribution in [2.24, 2.45) is 10.7 Å². The van der Waals surface area contributed by atoms with Crippen LogP contribution in [0.5, 0.6) is 5.75 Å². The summed E-state index contributed by atoms with van der Waals surface area (Å²) in [5.74, 6) is -1.27. The smallest absolute Gasteiger partial charge is 0.425 e. The number of halogens is 5. The lowest BCUT2D eigenvalue weighted by Gasteiger charge is -2.35. The number of pyridine rings is 2. The van der Waals surface area contributed by atoms with E-state index in [1.807, 2.05) is 0 Å². The molecule has 2 N–H and O–H groups in total. The van der Waals surface area contributed by atoms with Crippen LogP contribution < -0.4 is 10.5 Å². The van der Waals surface area contributed by atoms with E-state index in [2.05, 4.69) is 24.4 Å². The van der Waals surface area contributed by atoms with Gasteiger partial charge in [-0.15, -0.1) is 0 Å². The van der Waals surface area contributed by atoms with Crippen molar-refractivity contribution in [3.05, 3.63) is 53.4 Å². The van der Waals surface area contributed by atoms with Crippen LogP contribution in [0.1, 0.15) is 35.2 Å². The molecule has 0 aliphatic carbocycles. The number of ether oxygens (including phenoxy) is 2. The highest BCUT2D eigenvalue weighted by Gasteiger charge is 2.50. The van der Waals surface area contributed by atoms with Gasteiger partial charge < -0.3 is 15.2 Å². The fraction of sp³-hybridized carbons (Fsp3) is 0.368. The molecule has 12 heteroatoms. The van der Waals surface area contributed by atoms with Gasteiger partial charge in [-0.1, -0.05) is 0 Å². The van der Waals surface area contributed by atoms with Crippen LogP contribution in [-0.2, 0) is 16.7 Å². The maximum atomic E-state index is 14.5. The molecule has 3 heterocycles. The maximum Gasteiger partial charge on any atom is 0.425 e. The molecule has 1 aliphatic rings. The number of amidine groups is 1. The van der Waals surface area contributed by atoms with Crippen LogP contribution >= 0.6 is 0 Å². The summed E-state index contributed by atoms with van der Waals surface area (Å²) in [6.07, 6.45) is -6.91. The lowest BCUT2D eigenvalue weighted by Crippen LogP contribution is -2.46. The van der Waals surface area contributed by atoms with E-state index in [1.165, 1.54) is 25.1 Å². The van der Waals surface area contributed by atoms with Crippen molar-refractivity contribution in [1.29, 1.82) is 0 Å². The monoisotopic (exact) mass is 444 g/mol. The van der Waals surface area contributed by atoms with Gasteiger partial charge in [0.05, 0.1) is 12.6 Å². The summed E-state index contributed by atoms with van der Waals surface area (Å²) in [5.41, 5.74) is 3.37. The number of nitrogens with zero attached hydrogens (tertiary/aromatic N) is 3. The highest BCUT2D eigenvalue weighted by Crippen LogP contribution is 2.40. The molecule has 7 nitrogen and oxygen atoms in total. The number of nitrogens with two attached hydrogens (primary N) is 1. The first-order valence-corrected chi connectivity index (χ1v) is 8.94. The third-order valence-electron chi connectivity index (χ3n) is 4.57. The Kier molecular flexibility index (Phi) is 6.09. The van der Waals surface area contributed by atoms with Crippen LogP contribution in [0.15, 0.2) is 35.5 Å². The summed E-state index contributed by atoms with van der Waals surface area (Å²) >= 11 is 0. The predicted octanol–water partition coefficient (Wildman–Crippen LogP) is 3.23. The zero-order valence-electron chi connectivity index (χ0n) is 16.1. The Labute approximate surface area is 173 Å². The van der Waals surface area contributed by atoms with E-state index in [0.29, 0.717) is 0 Å². The molecule has 0 saturated heterocycles. The van der Waals surface area contributed by atoms with Gasteiger partial charge in [0.2, 0.25) is 6.86 Å². The Balaban J connectivity index is 1.86. The summed E-state index contributed by atoms with van der Waals surface area (Å²) in [7, 11) is 0. The fourth-order valence-electron chi connectivity index (χ4n) is 3.10. The number of hydrogen-bond acceptors (Lipinski definition) is 7. The van der Waals surface area contributed by atoms with E-state index in [4.69, 9.17) is 5.73 Å². The van der Waals surface area contributed by atoms with Gasteiger partial charge in [-0.25, -0.2) is 18.8 Å².